The molecule has 0 aliphatic rings. The minimum absolute atomic E-state index is 0. The Morgan fingerprint density at radius 3 is 2.18 bits per heavy atom. The molecule has 2 N–H and O–H groups in total. The maximum atomic E-state index is 13.2. The smallest absolute Gasteiger partial charge is 0.211 e. The number of ketones is 1. The van der Waals surface area contributed by atoms with Gasteiger partial charge in [0.1, 0.15) is 0 Å². The van der Waals surface area contributed by atoms with Crippen molar-refractivity contribution in [1.29, 1.82) is 0 Å². The van der Waals surface area contributed by atoms with Crippen LogP contribution in [0.1, 0.15) is 32.9 Å². The molecule has 1 atom stereocenters. The van der Waals surface area contributed by atoms with Crippen molar-refractivity contribution in [1.82, 2.24) is 9.47 Å². The number of primary sulfonamides is 1. The van der Waals surface area contributed by atoms with Gasteiger partial charge in [-0.25, -0.2) is 13.6 Å². The van der Waals surface area contributed by atoms with Gasteiger partial charge in [0.25, 0.3) is 0 Å². The number of hydrogen-bond donors (Lipinski definition) is 1. The lowest BCUT2D eigenvalue weighted by Gasteiger charge is -2.40. The zero-order valence-corrected chi connectivity index (χ0v) is 21.5. The maximum Gasteiger partial charge on any atom is 0.211 e. The molecule has 178 valence electrons. The van der Waals surface area contributed by atoms with Gasteiger partial charge >= 0.3 is 0 Å². The van der Waals surface area contributed by atoms with E-state index in [4.69, 9.17) is 16.7 Å². The number of sulfonamides is 1. The fourth-order valence-electron chi connectivity index (χ4n) is 4.22. The van der Waals surface area contributed by atoms with Gasteiger partial charge in [-0.15, -0.1) is 12.4 Å². The van der Waals surface area contributed by atoms with Gasteiger partial charge in [-0.05, 0) is 62.5 Å². The van der Waals surface area contributed by atoms with E-state index in [1.54, 1.807) is 24.3 Å². The average Bonchev–Trinajstić information content (AvgIpc) is 2.99. The van der Waals surface area contributed by atoms with E-state index in [9.17, 15) is 13.2 Å². The summed E-state index contributed by atoms with van der Waals surface area (Å²) >= 11 is 5.96. The number of nitrogens with zero attached hydrogens (tertiary/aromatic N) is 2. The standard InChI is InChI=1S/C24H28ClN3O3S.ClH/c1-17-14-21(28(4)22(17)23(29)18-10-12-20(25)13-11-18)15-24(27(2)3,16-32(26,30)31)19-8-6-5-7-9-19;/h5-14H,15-16H2,1-4H3,(H2,26,30,31);1H. The lowest BCUT2D eigenvalue weighted by Crippen LogP contribution is -2.50. The summed E-state index contributed by atoms with van der Waals surface area (Å²) < 4.78 is 26.4. The normalized spacial score (nSPS) is 13.4. The molecular formula is C24H29Cl2N3O3S. The Morgan fingerprint density at radius 1 is 1.09 bits per heavy atom. The van der Waals surface area contributed by atoms with Gasteiger partial charge < -0.3 is 4.57 Å². The molecule has 0 aliphatic carbocycles. The van der Waals surface area contributed by atoms with Gasteiger partial charge in [-0.1, -0.05) is 41.9 Å². The SMILES string of the molecule is Cc1cc(CC(CS(N)(=O)=O)(c2ccccc2)N(C)C)n(C)c1C(=O)c1ccc(Cl)cc1.Cl. The number of hydrogen-bond acceptors (Lipinski definition) is 4. The van der Waals surface area contributed by atoms with E-state index in [1.165, 1.54) is 0 Å². The number of aromatic nitrogens is 1. The highest BCUT2D eigenvalue weighted by atomic mass is 35.5. The molecule has 6 nitrogen and oxygen atoms in total. The molecule has 3 aromatic rings. The number of rotatable bonds is 8. The fourth-order valence-corrected chi connectivity index (χ4v) is 5.54. The van der Waals surface area contributed by atoms with Crippen molar-refractivity contribution in [2.45, 2.75) is 18.9 Å². The molecule has 33 heavy (non-hydrogen) atoms. The first-order chi connectivity index (χ1) is 14.9. The summed E-state index contributed by atoms with van der Waals surface area (Å²) in [4.78, 5) is 15.1. The average molecular weight is 510 g/mol. The quantitative estimate of drug-likeness (QED) is 0.466. The van der Waals surface area contributed by atoms with Crippen molar-refractivity contribution in [2.24, 2.45) is 12.2 Å². The third-order valence-electron chi connectivity index (χ3n) is 5.93. The first-order valence-electron chi connectivity index (χ1n) is 10.1. The van der Waals surface area contributed by atoms with Gasteiger partial charge in [0.05, 0.1) is 17.0 Å². The maximum absolute atomic E-state index is 13.2. The van der Waals surface area contributed by atoms with Gasteiger partial charge in [0.2, 0.25) is 15.8 Å². The number of halogens is 2. The van der Waals surface area contributed by atoms with Crippen LogP contribution in [-0.2, 0) is 29.0 Å². The molecule has 0 fully saturated rings. The van der Waals surface area contributed by atoms with Crippen molar-refractivity contribution < 1.29 is 13.2 Å². The Labute approximate surface area is 206 Å². The number of likely N-dealkylation sites (N-methyl/N-ethyl adjacent to an activating group) is 1. The summed E-state index contributed by atoms with van der Waals surface area (Å²) in [6, 6.07) is 18.2. The Morgan fingerprint density at radius 2 is 1.67 bits per heavy atom. The highest BCUT2D eigenvalue weighted by molar-refractivity contribution is 7.89. The van der Waals surface area contributed by atoms with Crippen LogP contribution in [0.5, 0.6) is 0 Å². The molecule has 0 saturated carbocycles. The van der Waals surface area contributed by atoms with Crippen molar-refractivity contribution in [3.8, 4) is 0 Å². The van der Waals surface area contributed by atoms with E-state index >= 15 is 0 Å². The van der Waals surface area contributed by atoms with E-state index in [1.807, 2.05) is 73.9 Å². The molecule has 2 aromatic carbocycles. The van der Waals surface area contributed by atoms with Gasteiger partial charge in [-0.3, -0.25) is 9.69 Å². The lowest BCUT2D eigenvalue weighted by atomic mass is 9.85. The van der Waals surface area contributed by atoms with Crippen LogP contribution in [0.25, 0.3) is 0 Å². The zero-order valence-electron chi connectivity index (χ0n) is 19.1. The molecule has 0 saturated heterocycles. The molecule has 0 spiro atoms. The Kier molecular flexibility index (Phi) is 8.54. The number of aryl methyl sites for hydroxylation is 1. The summed E-state index contributed by atoms with van der Waals surface area (Å²) in [5.74, 6) is -0.378. The Hall–Kier alpha value is -2.16. The van der Waals surface area contributed by atoms with E-state index < -0.39 is 15.6 Å². The van der Waals surface area contributed by atoms with E-state index in [2.05, 4.69) is 0 Å². The van der Waals surface area contributed by atoms with Crippen LogP contribution < -0.4 is 5.14 Å². The molecule has 3 rings (SSSR count). The van der Waals surface area contributed by atoms with Crippen LogP contribution in [0.4, 0.5) is 0 Å². The number of carbonyl (C=O) groups excluding carboxylic acids is 1. The highest BCUT2D eigenvalue weighted by Crippen LogP contribution is 2.33. The van der Waals surface area contributed by atoms with E-state index in [0.29, 0.717) is 22.7 Å². The van der Waals surface area contributed by atoms with Crippen molar-refractivity contribution in [3.05, 3.63) is 93.8 Å². The predicted octanol–water partition coefficient (Wildman–Crippen LogP) is 3.93. The van der Waals surface area contributed by atoms with E-state index in [-0.39, 0.29) is 23.9 Å². The van der Waals surface area contributed by atoms with Crippen LogP contribution in [0.15, 0.2) is 60.7 Å². The first kappa shape index (κ1) is 27.1. The number of benzene rings is 2. The molecule has 0 amide bonds. The third-order valence-corrected chi connectivity index (χ3v) is 7.06. The number of carbonyl (C=O) groups is 1. The Bertz CT molecular complexity index is 1220. The molecule has 0 bridgehead atoms. The Balaban J connectivity index is 0.00000385. The van der Waals surface area contributed by atoms with Crippen LogP contribution in [0, 0.1) is 6.92 Å². The van der Waals surface area contributed by atoms with Crippen LogP contribution in [-0.4, -0.2) is 43.5 Å². The third kappa shape index (κ3) is 5.86. The molecule has 0 radical (unpaired) electrons. The summed E-state index contributed by atoms with van der Waals surface area (Å²) in [6.07, 6.45) is 0.353. The monoisotopic (exact) mass is 509 g/mol. The number of nitrogens with two attached hydrogens (primary N) is 1. The first-order valence-corrected chi connectivity index (χ1v) is 12.2. The summed E-state index contributed by atoms with van der Waals surface area (Å²) in [7, 11) is 1.70. The van der Waals surface area contributed by atoms with Gasteiger partial charge in [0, 0.05) is 29.7 Å². The van der Waals surface area contributed by atoms with Crippen molar-refractivity contribution >= 4 is 39.8 Å². The highest BCUT2D eigenvalue weighted by Gasteiger charge is 2.39. The van der Waals surface area contributed by atoms with Crippen LogP contribution >= 0.6 is 24.0 Å². The van der Waals surface area contributed by atoms with Gasteiger partial charge in [0.15, 0.2) is 0 Å². The predicted molar refractivity (Wildman–Crippen MR) is 136 cm³/mol. The molecule has 1 aromatic heterocycles. The summed E-state index contributed by atoms with van der Waals surface area (Å²) in [5.41, 5.74) is 2.67. The minimum Gasteiger partial charge on any atom is -0.345 e. The minimum atomic E-state index is -3.80. The molecule has 1 unspecified atom stereocenters. The van der Waals surface area contributed by atoms with Crippen molar-refractivity contribution in [3.63, 3.8) is 0 Å². The van der Waals surface area contributed by atoms with Crippen LogP contribution in [0.2, 0.25) is 5.02 Å². The fraction of sp³-hybridized carbons (Fsp3) is 0.292. The molecular weight excluding hydrogens is 481 g/mol. The van der Waals surface area contributed by atoms with E-state index in [0.717, 1.165) is 16.8 Å². The second-order valence-corrected chi connectivity index (χ2v) is 10.4. The molecule has 1 heterocycles. The summed E-state index contributed by atoms with van der Waals surface area (Å²) in [5, 5.41) is 6.10. The second-order valence-electron chi connectivity index (χ2n) is 8.34. The lowest BCUT2D eigenvalue weighted by molar-refractivity contribution is 0.103. The molecule has 0 aliphatic heterocycles. The van der Waals surface area contributed by atoms with Crippen molar-refractivity contribution in [2.75, 3.05) is 19.8 Å². The zero-order chi connectivity index (χ0) is 23.7. The molecule has 9 heteroatoms. The van der Waals surface area contributed by atoms with Crippen LogP contribution in [0.3, 0.4) is 0 Å². The van der Waals surface area contributed by atoms with Gasteiger partial charge in [-0.2, -0.15) is 0 Å². The summed E-state index contributed by atoms with van der Waals surface area (Å²) in [6.45, 7) is 1.88. The topological polar surface area (TPSA) is 85.4 Å². The largest absolute Gasteiger partial charge is 0.345 e. The second kappa shape index (κ2) is 10.4.